The van der Waals surface area contributed by atoms with E-state index in [4.69, 9.17) is 0 Å². The third kappa shape index (κ3) is 2.37. The summed E-state index contributed by atoms with van der Waals surface area (Å²) >= 11 is 0. The van der Waals surface area contributed by atoms with Crippen molar-refractivity contribution in [2.45, 2.75) is 44.9 Å². The van der Waals surface area contributed by atoms with Gasteiger partial charge in [0.2, 0.25) is 0 Å². The summed E-state index contributed by atoms with van der Waals surface area (Å²) in [6.45, 7) is 0. The lowest BCUT2D eigenvalue weighted by molar-refractivity contribution is 0.337. The summed E-state index contributed by atoms with van der Waals surface area (Å²) in [5, 5.41) is 4.20. The van der Waals surface area contributed by atoms with Crippen LogP contribution in [-0.2, 0) is 13.5 Å². The largest absolute Gasteiger partial charge is 0.273 e. The van der Waals surface area contributed by atoms with Crippen LogP contribution in [0.25, 0.3) is 0 Å². The van der Waals surface area contributed by atoms with Gasteiger partial charge >= 0.3 is 0 Å². The highest BCUT2D eigenvalue weighted by atomic mass is 15.2. The Labute approximate surface area is 86.3 Å². The number of aryl methyl sites for hydroxylation is 2. The minimum atomic E-state index is 0.985. The highest BCUT2D eigenvalue weighted by molar-refractivity contribution is 5.00. The molecule has 0 aromatic carbocycles. The molecule has 0 amide bonds. The first-order valence-electron chi connectivity index (χ1n) is 5.83. The molecule has 0 N–H and O–H groups in total. The smallest absolute Gasteiger partial charge is 0.0492 e. The molecule has 0 atom stereocenters. The summed E-state index contributed by atoms with van der Waals surface area (Å²) in [6, 6.07) is 2.14. The SMILES string of the molecule is Cn1nccc1CCC1CCCCC1. The van der Waals surface area contributed by atoms with Crippen molar-refractivity contribution < 1.29 is 0 Å². The van der Waals surface area contributed by atoms with Crippen molar-refractivity contribution in [3.63, 3.8) is 0 Å². The molecule has 1 heterocycles. The quantitative estimate of drug-likeness (QED) is 0.720. The normalized spacial score (nSPS) is 18.6. The van der Waals surface area contributed by atoms with Gasteiger partial charge in [-0.05, 0) is 24.8 Å². The Morgan fingerprint density at radius 3 is 2.79 bits per heavy atom. The Hall–Kier alpha value is -0.790. The Kier molecular flexibility index (Phi) is 3.22. The highest BCUT2D eigenvalue weighted by Crippen LogP contribution is 2.27. The molecule has 2 heteroatoms. The third-order valence-electron chi connectivity index (χ3n) is 3.46. The second-order valence-electron chi connectivity index (χ2n) is 4.49. The van der Waals surface area contributed by atoms with Crippen molar-refractivity contribution in [3.05, 3.63) is 18.0 Å². The molecule has 2 nitrogen and oxygen atoms in total. The highest BCUT2D eigenvalue weighted by Gasteiger charge is 2.13. The topological polar surface area (TPSA) is 17.8 Å². The molecule has 0 bridgehead atoms. The predicted octanol–water partition coefficient (Wildman–Crippen LogP) is 2.93. The fourth-order valence-electron chi connectivity index (χ4n) is 2.47. The van der Waals surface area contributed by atoms with Crippen LogP contribution < -0.4 is 0 Å². The van der Waals surface area contributed by atoms with Crippen molar-refractivity contribution in [2.75, 3.05) is 0 Å². The number of rotatable bonds is 3. The maximum atomic E-state index is 4.20. The Morgan fingerprint density at radius 1 is 1.36 bits per heavy atom. The maximum Gasteiger partial charge on any atom is 0.0492 e. The summed E-state index contributed by atoms with van der Waals surface area (Å²) in [6.07, 6.45) is 11.8. The molecule has 0 unspecified atom stereocenters. The monoisotopic (exact) mass is 192 g/mol. The summed E-state index contributed by atoms with van der Waals surface area (Å²) in [7, 11) is 2.04. The first-order chi connectivity index (χ1) is 6.86. The van der Waals surface area contributed by atoms with Gasteiger partial charge in [-0.1, -0.05) is 32.1 Å². The van der Waals surface area contributed by atoms with Crippen molar-refractivity contribution in [1.82, 2.24) is 9.78 Å². The average Bonchev–Trinajstić information content (AvgIpc) is 2.63. The van der Waals surface area contributed by atoms with E-state index in [9.17, 15) is 0 Å². The van der Waals surface area contributed by atoms with E-state index in [0.29, 0.717) is 0 Å². The van der Waals surface area contributed by atoms with Crippen LogP contribution in [0.2, 0.25) is 0 Å². The van der Waals surface area contributed by atoms with Gasteiger partial charge in [0, 0.05) is 18.9 Å². The maximum absolute atomic E-state index is 4.20. The van der Waals surface area contributed by atoms with Crippen LogP contribution in [0.1, 0.15) is 44.2 Å². The number of nitrogens with zero attached hydrogens (tertiary/aromatic N) is 2. The number of aromatic nitrogens is 2. The molecule has 1 aromatic rings. The average molecular weight is 192 g/mol. The van der Waals surface area contributed by atoms with Crippen LogP contribution in [0.5, 0.6) is 0 Å². The molecule has 0 aliphatic heterocycles. The summed E-state index contributed by atoms with van der Waals surface area (Å²) in [4.78, 5) is 0. The van der Waals surface area contributed by atoms with E-state index in [-0.39, 0.29) is 0 Å². The molecule has 0 spiro atoms. The molecule has 2 rings (SSSR count). The van der Waals surface area contributed by atoms with Gasteiger partial charge in [0.1, 0.15) is 0 Å². The molecule has 14 heavy (non-hydrogen) atoms. The molecule has 1 aliphatic carbocycles. The van der Waals surface area contributed by atoms with E-state index in [0.717, 1.165) is 5.92 Å². The molecule has 0 radical (unpaired) electrons. The van der Waals surface area contributed by atoms with Crippen molar-refractivity contribution >= 4 is 0 Å². The lowest BCUT2D eigenvalue weighted by atomic mass is 9.86. The van der Waals surface area contributed by atoms with E-state index in [1.165, 1.54) is 50.6 Å². The predicted molar refractivity (Wildman–Crippen MR) is 58.1 cm³/mol. The molecular weight excluding hydrogens is 172 g/mol. The fourth-order valence-corrected chi connectivity index (χ4v) is 2.47. The second-order valence-corrected chi connectivity index (χ2v) is 4.49. The Morgan fingerprint density at radius 2 is 2.14 bits per heavy atom. The van der Waals surface area contributed by atoms with Crippen LogP contribution >= 0.6 is 0 Å². The number of hydrogen-bond acceptors (Lipinski definition) is 1. The second kappa shape index (κ2) is 4.63. The zero-order valence-electron chi connectivity index (χ0n) is 9.08. The lowest BCUT2D eigenvalue weighted by Gasteiger charge is -2.21. The van der Waals surface area contributed by atoms with Gasteiger partial charge in [-0.15, -0.1) is 0 Å². The first-order valence-corrected chi connectivity index (χ1v) is 5.83. The minimum Gasteiger partial charge on any atom is -0.273 e. The zero-order valence-corrected chi connectivity index (χ0v) is 9.08. The molecular formula is C12H20N2. The molecule has 1 saturated carbocycles. The molecule has 1 fully saturated rings. The van der Waals surface area contributed by atoms with Gasteiger partial charge in [-0.25, -0.2) is 0 Å². The summed E-state index contributed by atoms with van der Waals surface area (Å²) in [5.41, 5.74) is 1.38. The van der Waals surface area contributed by atoms with Crippen molar-refractivity contribution in [1.29, 1.82) is 0 Å². The van der Waals surface area contributed by atoms with Crippen molar-refractivity contribution in [2.24, 2.45) is 13.0 Å². The standard InChI is InChI=1S/C12H20N2/c1-14-12(9-10-13-14)8-7-11-5-3-2-4-6-11/h9-11H,2-8H2,1H3. The molecule has 1 aliphatic rings. The fraction of sp³-hybridized carbons (Fsp3) is 0.750. The van der Waals surface area contributed by atoms with Gasteiger partial charge in [-0.2, -0.15) is 5.10 Å². The van der Waals surface area contributed by atoms with Crippen molar-refractivity contribution in [3.8, 4) is 0 Å². The van der Waals surface area contributed by atoms with Crippen LogP contribution in [-0.4, -0.2) is 9.78 Å². The minimum absolute atomic E-state index is 0.985. The van der Waals surface area contributed by atoms with Crippen LogP contribution in [0, 0.1) is 5.92 Å². The molecule has 0 saturated heterocycles. The van der Waals surface area contributed by atoms with Gasteiger partial charge in [0.05, 0.1) is 0 Å². The van der Waals surface area contributed by atoms with E-state index in [1.807, 2.05) is 17.9 Å². The van der Waals surface area contributed by atoms with Gasteiger partial charge < -0.3 is 0 Å². The van der Waals surface area contributed by atoms with E-state index >= 15 is 0 Å². The number of hydrogen-bond donors (Lipinski definition) is 0. The van der Waals surface area contributed by atoms with Gasteiger partial charge in [0.25, 0.3) is 0 Å². The zero-order chi connectivity index (χ0) is 9.80. The van der Waals surface area contributed by atoms with E-state index in [2.05, 4.69) is 11.2 Å². The first kappa shape index (κ1) is 9.75. The molecule has 1 aromatic heterocycles. The van der Waals surface area contributed by atoms with E-state index in [1.54, 1.807) is 0 Å². The van der Waals surface area contributed by atoms with Crippen LogP contribution in [0.4, 0.5) is 0 Å². The van der Waals surface area contributed by atoms with Crippen LogP contribution in [0.3, 0.4) is 0 Å². The van der Waals surface area contributed by atoms with Crippen LogP contribution in [0.15, 0.2) is 12.3 Å². The van der Waals surface area contributed by atoms with E-state index < -0.39 is 0 Å². The Bertz CT molecular complexity index is 272. The van der Waals surface area contributed by atoms with Gasteiger partial charge in [0.15, 0.2) is 0 Å². The summed E-state index contributed by atoms with van der Waals surface area (Å²) in [5.74, 6) is 0.985. The lowest BCUT2D eigenvalue weighted by Crippen LogP contribution is -2.08. The summed E-state index contributed by atoms with van der Waals surface area (Å²) < 4.78 is 2.00. The third-order valence-corrected chi connectivity index (χ3v) is 3.46. The molecule has 78 valence electrons. The Balaban J connectivity index is 1.79. The van der Waals surface area contributed by atoms with Gasteiger partial charge in [-0.3, -0.25) is 4.68 Å².